The van der Waals surface area contributed by atoms with Gasteiger partial charge < -0.3 is 14.2 Å². The maximum absolute atomic E-state index is 13.4. The number of sulfonamides is 1. The number of aryl methyl sites for hydroxylation is 1. The SMILES string of the molecule is Cn1ccnc1-c1cc(-n2ccc3cc(N(CC(=O)O)S(=O)(=O)c4cc(Cl)cc(Cl)c4)ccc32)ncn1. The highest BCUT2D eigenvalue weighted by molar-refractivity contribution is 7.92. The average Bonchev–Trinajstić information content (AvgIpc) is 3.47. The fourth-order valence-corrected chi connectivity index (χ4v) is 6.07. The molecule has 0 atom stereocenters. The second-order valence-corrected chi connectivity index (χ2v) is 10.8. The van der Waals surface area contributed by atoms with E-state index in [1.165, 1.54) is 30.6 Å². The maximum Gasteiger partial charge on any atom is 0.324 e. The monoisotopic (exact) mass is 556 g/mol. The van der Waals surface area contributed by atoms with Crippen LogP contribution in [-0.4, -0.2) is 50.1 Å². The first-order chi connectivity index (χ1) is 17.6. The molecule has 0 bridgehead atoms. The number of carbonyl (C=O) groups is 1. The van der Waals surface area contributed by atoms with Crippen molar-refractivity contribution in [1.29, 1.82) is 0 Å². The zero-order valence-corrected chi connectivity index (χ0v) is 21.5. The Hall–Kier alpha value is -3.93. The predicted molar refractivity (Wildman–Crippen MR) is 140 cm³/mol. The molecule has 1 N–H and O–H groups in total. The number of anilines is 1. The lowest BCUT2D eigenvalue weighted by Crippen LogP contribution is -2.35. The number of carboxylic acids is 1. The summed E-state index contributed by atoms with van der Waals surface area (Å²) in [6.45, 7) is -0.794. The zero-order chi connectivity index (χ0) is 26.3. The Morgan fingerprint density at radius 3 is 2.43 bits per heavy atom. The second kappa shape index (κ2) is 9.51. The van der Waals surface area contributed by atoms with Gasteiger partial charge in [-0.05, 0) is 42.5 Å². The van der Waals surface area contributed by atoms with Crippen molar-refractivity contribution in [1.82, 2.24) is 24.1 Å². The molecule has 0 saturated carbocycles. The number of hydrogen-bond donors (Lipinski definition) is 1. The Morgan fingerprint density at radius 2 is 1.76 bits per heavy atom. The third kappa shape index (κ3) is 4.76. The molecule has 37 heavy (non-hydrogen) atoms. The summed E-state index contributed by atoms with van der Waals surface area (Å²) in [5.41, 5.74) is 1.53. The van der Waals surface area contributed by atoms with E-state index in [9.17, 15) is 18.3 Å². The van der Waals surface area contributed by atoms with Gasteiger partial charge in [0.2, 0.25) is 0 Å². The summed E-state index contributed by atoms with van der Waals surface area (Å²) < 4.78 is 31.3. The molecule has 0 aliphatic heterocycles. The van der Waals surface area contributed by atoms with E-state index in [0.29, 0.717) is 22.7 Å². The van der Waals surface area contributed by atoms with Gasteiger partial charge in [-0.15, -0.1) is 0 Å². The average molecular weight is 557 g/mol. The van der Waals surface area contributed by atoms with Crippen LogP contribution in [0.25, 0.3) is 28.2 Å². The minimum atomic E-state index is -4.30. The number of rotatable bonds is 7. The first-order valence-corrected chi connectivity index (χ1v) is 12.9. The molecule has 10 nitrogen and oxygen atoms in total. The number of benzene rings is 2. The fourth-order valence-electron chi connectivity index (χ4n) is 3.94. The number of carboxylic acid groups (broad SMARTS) is 1. The van der Waals surface area contributed by atoms with Gasteiger partial charge in [0.25, 0.3) is 10.0 Å². The molecular formula is C24H18Cl2N6O4S. The molecule has 3 aromatic heterocycles. The highest BCUT2D eigenvalue weighted by Gasteiger charge is 2.28. The second-order valence-electron chi connectivity index (χ2n) is 8.06. The van der Waals surface area contributed by atoms with Gasteiger partial charge in [0.1, 0.15) is 24.4 Å². The van der Waals surface area contributed by atoms with Crippen LogP contribution < -0.4 is 4.31 Å². The van der Waals surface area contributed by atoms with E-state index < -0.39 is 22.5 Å². The number of fused-ring (bicyclic) bond motifs is 1. The molecule has 0 saturated heterocycles. The Labute approximate surface area is 221 Å². The highest BCUT2D eigenvalue weighted by atomic mass is 35.5. The Kier molecular flexibility index (Phi) is 6.36. The number of aromatic nitrogens is 5. The number of nitrogens with zero attached hydrogens (tertiary/aromatic N) is 6. The predicted octanol–water partition coefficient (Wildman–Crippen LogP) is 4.41. The lowest BCUT2D eigenvalue weighted by atomic mass is 10.2. The van der Waals surface area contributed by atoms with Gasteiger partial charge in [0, 0.05) is 47.1 Å². The molecular weight excluding hydrogens is 539 g/mol. The number of aliphatic carboxylic acids is 1. The smallest absolute Gasteiger partial charge is 0.324 e. The first-order valence-electron chi connectivity index (χ1n) is 10.8. The summed E-state index contributed by atoms with van der Waals surface area (Å²) in [5, 5.41) is 10.4. The zero-order valence-electron chi connectivity index (χ0n) is 19.2. The van der Waals surface area contributed by atoms with Crippen molar-refractivity contribution in [3.63, 3.8) is 0 Å². The Bertz CT molecular complexity index is 1750. The number of imidazole rings is 1. The topological polar surface area (TPSA) is 123 Å². The minimum Gasteiger partial charge on any atom is -0.480 e. The van der Waals surface area contributed by atoms with Gasteiger partial charge in [-0.3, -0.25) is 9.10 Å². The molecule has 5 aromatic rings. The summed E-state index contributed by atoms with van der Waals surface area (Å²) in [6.07, 6.45) is 6.72. The van der Waals surface area contributed by atoms with Crippen molar-refractivity contribution in [3.8, 4) is 17.3 Å². The minimum absolute atomic E-state index is 0.114. The highest BCUT2D eigenvalue weighted by Crippen LogP contribution is 2.31. The third-order valence-electron chi connectivity index (χ3n) is 5.61. The Balaban J connectivity index is 1.57. The molecule has 0 unspecified atom stereocenters. The normalized spacial score (nSPS) is 11.6. The van der Waals surface area contributed by atoms with Crippen LogP contribution in [0.5, 0.6) is 0 Å². The molecule has 0 radical (unpaired) electrons. The van der Waals surface area contributed by atoms with Gasteiger partial charge in [0.05, 0.1) is 16.1 Å². The van der Waals surface area contributed by atoms with Crippen LogP contribution in [0.15, 0.2) is 78.3 Å². The van der Waals surface area contributed by atoms with E-state index in [2.05, 4.69) is 15.0 Å². The van der Waals surface area contributed by atoms with Crippen LogP contribution in [-0.2, 0) is 21.9 Å². The largest absolute Gasteiger partial charge is 0.480 e. The molecule has 0 aliphatic carbocycles. The van der Waals surface area contributed by atoms with Crippen molar-refractivity contribution in [2.24, 2.45) is 7.05 Å². The van der Waals surface area contributed by atoms with E-state index in [-0.39, 0.29) is 20.6 Å². The summed E-state index contributed by atoms with van der Waals surface area (Å²) in [4.78, 5) is 24.4. The van der Waals surface area contributed by atoms with E-state index >= 15 is 0 Å². The summed E-state index contributed by atoms with van der Waals surface area (Å²) >= 11 is 12.0. The van der Waals surface area contributed by atoms with Gasteiger partial charge >= 0.3 is 5.97 Å². The first kappa shape index (κ1) is 24.8. The molecule has 2 aromatic carbocycles. The van der Waals surface area contributed by atoms with E-state index in [0.717, 1.165) is 9.82 Å². The van der Waals surface area contributed by atoms with Crippen LogP contribution in [0.2, 0.25) is 10.0 Å². The summed E-state index contributed by atoms with van der Waals surface area (Å²) in [6, 6.07) is 12.2. The van der Waals surface area contributed by atoms with Gasteiger partial charge in [-0.2, -0.15) is 0 Å². The number of halogens is 2. The molecule has 5 rings (SSSR count). The Morgan fingerprint density at radius 1 is 1.00 bits per heavy atom. The van der Waals surface area contributed by atoms with Gasteiger partial charge in [-0.25, -0.2) is 23.4 Å². The molecule has 0 aliphatic rings. The molecule has 0 spiro atoms. The van der Waals surface area contributed by atoms with Gasteiger partial charge in [-0.1, -0.05) is 23.2 Å². The fraction of sp³-hybridized carbons (Fsp3) is 0.0833. The van der Waals surface area contributed by atoms with Crippen LogP contribution in [0.1, 0.15) is 0 Å². The van der Waals surface area contributed by atoms with E-state index in [4.69, 9.17) is 23.2 Å². The van der Waals surface area contributed by atoms with Gasteiger partial charge in [0.15, 0.2) is 5.82 Å². The van der Waals surface area contributed by atoms with Crippen LogP contribution >= 0.6 is 23.2 Å². The van der Waals surface area contributed by atoms with Crippen molar-refractivity contribution in [3.05, 3.63) is 83.5 Å². The van der Waals surface area contributed by atoms with E-state index in [1.54, 1.807) is 36.7 Å². The maximum atomic E-state index is 13.4. The van der Waals surface area contributed by atoms with Crippen molar-refractivity contribution in [2.45, 2.75) is 4.90 Å². The summed E-state index contributed by atoms with van der Waals surface area (Å²) in [5.74, 6) is -0.0606. The molecule has 13 heteroatoms. The van der Waals surface area contributed by atoms with Crippen LogP contribution in [0, 0.1) is 0 Å². The van der Waals surface area contributed by atoms with Crippen molar-refractivity contribution in [2.75, 3.05) is 10.8 Å². The standard InChI is InChI=1S/C24H18Cl2N6O4S/c1-30-7-5-27-24(30)20-12-22(29-14-28-20)31-6-4-15-8-18(2-3-21(15)31)32(13-23(33)34)37(35,36)19-10-16(25)9-17(26)11-19/h2-12,14H,13H2,1H3,(H,33,34). The number of hydrogen-bond acceptors (Lipinski definition) is 6. The van der Waals surface area contributed by atoms with E-state index in [1.807, 2.05) is 22.4 Å². The molecule has 0 amide bonds. The van der Waals surface area contributed by atoms with Crippen molar-refractivity contribution >= 4 is 55.8 Å². The molecule has 0 fully saturated rings. The lowest BCUT2D eigenvalue weighted by Gasteiger charge is -2.23. The quantitative estimate of drug-likeness (QED) is 0.315. The molecule has 3 heterocycles. The lowest BCUT2D eigenvalue weighted by molar-refractivity contribution is -0.135. The summed E-state index contributed by atoms with van der Waals surface area (Å²) in [7, 11) is -2.43. The third-order valence-corrected chi connectivity index (χ3v) is 7.80. The molecule has 188 valence electrons. The van der Waals surface area contributed by atoms with Crippen LogP contribution in [0.4, 0.5) is 5.69 Å². The van der Waals surface area contributed by atoms with Crippen LogP contribution in [0.3, 0.4) is 0 Å². The van der Waals surface area contributed by atoms with Crippen molar-refractivity contribution < 1.29 is 18.3 Å².